The van der Waals surface area contributed by atoms with Crippen molar-refractivity contribution >= 4 is 11.4 Å². The Labute approximate surface area is 124 Å². The predicted molar refractivity (Wildman–Crippen MR) is 84.7 cm³/mol. The number of hydrogen-bond acceptors (Lipinski definition) is 3. The summed E-state index contributed by atoms with van der Waals surface area (Å²) in [6.07, 6.45) is 0. The number of hydrogen-bond donors (Lipinski definition) is 1. The van der Waals surface area contributed by atoms with Crippen molar-refractivity contribution in [2.75, 3.05) is 36.8 Å². The molecule has 0 aromatic heterocycles. The minimum absolute atomic E-state index is 0.113. The summed E-state index contributed by atoms with van der Waals surface area (Å²) in [5.74, 6) is -0.113. The standard InChI is InChI=1S/C17H20FN3/c18-17-4-2-1-3-14(17)13-20-9-11-21(12-10-20)16-7-5-15(19)6-8-16/h1-8H,9-13,19H2. The van der Waals surface area contributed by atoms with Crippen LogP contribution in [0.25, 0.3) is 0 Å². The van der Waals surface area contributed by atoms with E-state index in [0.717, 1.165) is 37.4 Å². The molecule has 0 spiro atoms. The lowest BCUT2D eigenvalue weighted by Crippen LogP contribution is -2.46. The second-order valence-electron chi connectivity index (χ2n) is 5.45. The lowest BCUT2D eigenvalue weighted by atomic mass is 10.1. The van der Waals surface area contributed by atoms with Crippen molar-refractivity contribution < 1.29 is 4.39 Å². The summed E-state index contributed by atoms with van der Waals surface area (Å²) in [4.78, 5) is 4.64. The fourth-order valence-corrected chi connectivity index (χ4v) is 2.72. The van der Waals surface area contributed by atoms with Crippen LogP contribution in [0.2, 0.25) is 0 Å². The van der Waals surface area contributed by atoms with E-state index < -0.39 is 0 Å². The van der Waals surface area contributed by atoms with Crippen LogP contribution in [0.1, 0.15) is 5.56 Å². The number of anilines is 2. The van der Waals surface area contributed by atoms with Gasteiger partial charge in [-0.05, 0) is 30.3 Å². The second-order valence-corrected chi connectivity index (χ2v) is 5.45. The highest BCUT2D eigenvalue weighted by Gasteiger charge is 2.18. The molecule has 0 bridgehead atoms. The van der Waals surface area contributed by atoms with E-state index in [2.05, 4.69) is 21.9 Å². The van der Waals surface area contributed by atoms with E-state index in [0.29, 0.717) is 6.54 Å². The molecule has 1 aliphatic heterocycles. The topological polar surface area (TPSA) is 32.5 Å². The minimum Gasteiger partial charge on any atom is -0.399 e. The monoisotopic (exact) mass is 285 g/mol. The molecule has 0 saturated carbocycles. The Hall–Kier alpha value is -2.07. The van der Waals surface area contributed by atoms with Gasteiger partial charge in [-0.3, -0.25) is 4.90 Å². The van der Waals surface area contributed by atoms with Crippen molar-refractivity contribution in [3.8, 4) is 0 Å². The summed E-state index contributed by atoms with van der Waals surface area (Å²) in [7, 11) is 0. The highest BCUT2D eigenvalue weighted by Crippen LogP contribution is 2.19. The number of halogens is 1. The Bertz CT molecular complexity index is 589. The fourth-order valence-electron chi connectivity index (χ4n) is 2.72. The van der Waals surface area contributed by atoms with Crippen LogP contribution >= 0.6 is 0 Å². The summed E-state index contributed by atoms with van der Waals surface area (Å²) in [6, 6.07) is 15.0. The second kappa shape index (κ2) is 6.14. The van der Waals surface area contributed by atoms with E-state index in [4.69, 9.17) is 5.73 Å². The summed E-state index contributed by atoms with van der Waals surface area (Å²) in [5.41, 5.74) is 8.48. The fraction of sp³-hybridized carbons (Fsp3) is 0.294. The van der Waals surface area contributed by atoms with Crippen LogP contribution in [0.4, 0.5) is 15.8 Å². The molecule has 3 nitrogen and oxygen atoms in total. The van der Waals surface area contributed by atoms with Crippen molar-refractivity contribution in [1.82, 2.24) is 4.90 Å². The zero-order valence-corrected chi connectivity index (χ0v) is 12.0. The van der Waals surface area contributed by atoms with Crippen LogP contribution in [0.3, 0.4) is 0 Å². The SMILES string of the molecule is Nc1ccc(N2CCN(Cc3ccccc3F)CC2)cc1. The molecule has 2 N–H and O–H groups in total. The number of rotatable bonds is 3. The molecule has 3 rings (SSSR count). The molecular weight excluding hydrogens is 265 g/mol. The van der Waals surface area contributed by atoms with Gasteiger partial charge in [0, 0.05) is 49.7 Å². The maximum Gasteiger partial charge on any atom is 0.127 e. The van der Waals surface area contributed by atoms with Gasteiger partial charge in [-0.1, -0.05) is 18.2 Å². The van der Waals surface area contributed by atoms with Gasteiger partial charge in [0.15, 0.2) is 0 Å². The zero-order chi connectivity index (χ0) is 14.7. The highest BCUT2D eigenvalue weighted by molar-refractivity contribution is 5.53. The van der Waals surface area contributed by atoms with Crippen LogP contribution < -0.4 is 10.6 Å². The molecule has 0 radical (unpaired) electrons. The van der Waals surface area contributed by atoms with Crippen LogP contribution in [-0.2, 0) is 6.54 Å². The molecular formula is C17H20FN3. The number of piperazine rings is 1. The largest absolute Gasteiger partial charge is 0.399 e. The smallest absolute Gasteiger partial charge is 0.127 e. The molecule has 1 heterocycles. The van der Waals surface area contributed by atoms with Gasteiger partial charge >= 0.3 is 0 Å². The van der Waals surface area contributed by atoms with E-state index in [9.17, 15) is 4.39 Å². The van der Waals surface area contributed by atoms with Crippen LogP contribution in [0.15, 0.2) is 48.5 Å². The molecule has 2 aromatic rings. The van der Waals surface area contributed by atoms with Crippen LogP contribution in [0.5, 0.6) is 0 Å². The summed E-state index contributed by atoms with van der Waals surface area (Å²) in [5, 5.41) is 0. The molecule has 1 fully saturated rings. The first-order valence-electron chi connectivity index (χ1n) is 7.28. The Kier molecular flexibility index (Phi) is 4.06. The first kappa shape index (κ1) is 13.9. The van der Waals surface area contributed by atoms with Crippen LogP contribution in [0, 0.1) is 5.82 Å². The van der Waals surface area contributed by atoms with Crippen LogP contribution in [-0.4, -0.2) is 31.1 Å². The molecule has 110 valence electrons. The lowest BCUT2D eigenvalue weighted by molar-refractivity contribution is 0.246. The first-order valence-corrected chi connectivity index (χ1v) is 7.28. The third-order valence-electron chi connectivity index (χ3n) is 3.98. The zero-order valence-electron chi connectivity index (χ0n) is 12.0. The van der Waals surface area contributed by atoms with Crippen molar-refractivity contribution in [2.24, 2.45) is 0 Å². The number of nitrogens with zero attached hydrogens (tertiary/aromatic N) is 2. The Balaban J connectivity index is 1.58. The Morgan fingerprint density at radius 3 is 2.24 bits per heavy atom. The summed E-state index contributed by atoms with van der Waals surface area (Å²) in [6.45, 7) is 4.48. The van der Waals surface area contributed by atoms with Gasteiger partial charge < -0.3 is 10.6 Å². The maximum atomic E-state index is 13.7. The normalized spacial score (nSPS) is 16.1. The van der Waals surface area contributed by atoms with E-state index in [-0.39, 0.29) is 5.82 Å². The van der Waals surface area contributed by atoms with Crippen molar-refractivity contribution in [1.29, 1.82) is 0 Å². The summed E-state index contributed by atoms with van der Waals surface area (Å²) < 4.78 is 13.7. The molecule has 1 saturated heterocycles. The molecule has 0 atom stereocenters. The van der Waals surface area contributed by atoms with E-state index in [1.54, 1.807) is 6.07 Å². The highest BCUT2D eigenvalue weighted by atomic mass is 19.1. The van der Waals surface area contributed by atoms with Crippen molar-refractivity contribution in [3.63, 3.8) is 0 Å². The minimum atomic E-state index is -0.113. The summed E-state index contributed by atoms with van der Waals surface area (Å²) >= 11 is 0. The van der Waals surface area contributed by atoms with Gasteiger partial charge in [0.2, 0.25) is 0 Å². The molecule has 0 amide bonds. The van der Waals surface area contributed by atoms with E-state index in [1.165, 1.54) is 11.8 Å². The predicted octanol–water partition coefficient (Wildman–Crippen LogP) is 2.73. The van der Waals surface area contributed by atoms with E-state index in [1.807, 2.05) is 24.3 Å². The van der Waals surface area contributed by atoms with Gasteiger partial charge in [0.25, 0.3) is 0 Å². The Morgan fingerprint density at radius 2 is 1.57 bits per heavy atom. The molecule has 4 heteroatoms. The van der Waals surface area contributed by atoms with Gasteiger partial charge in [-0.25, -0.2) is 4.39 Å². The maximum absolute atomic E-state index is 13.7. The van der Waals surface area contributed by atoms with E-state index >= 15 is 0 Å². The quantitative estimate of drug-likeness (QED) is 0.880. The first-order chi connectivity index (χ1) is 10.2. The molecule has 2 aromatic carbocycles. The van der Waals surface area contributed by atoms with Gasteiger partial charge in [0.1, 0.15) is 5.82 Å². The molecule has 0 unspecified atom stereocenters. The van der Waals surface area contributed by atoms with Gasteiger partial charge in [-0.15, -0.1) is 0 Å². The average molecular weight is 285 g/mol. The molecule has 21 heavy (non-hydrogen) atoms. The van der Waals surface area contributed by atoms with Crippen molar-refractivity contribution in [3.05, 3.63) is 59.9 Å². The molecule has 0 aliphatic carbocycles. The number of nitrogens with two attached hydrogens (primary N) is 1. The third kappa shape index (κ3) is 3.34. The van der Waals surface area contributed by atoms with Crippen molar-refractivity contribution in [2.45, 2.75) is 6.54 Å². The lowest BCUT2D eigenvalue weighted by Gasteiger charge is -2.36. The molecule has 1 aliphatic rings. The van der Waals surface area contributed by atoms with Gasteiger partial charge in [0.05, 0.1) is 0 Å². The average Bonchev–Trinajstić information content (AvgIpc) is 2.51. The number of benzene rings is 2. The Morgan fingerprint density at radius 1 is 0.905 bits per heavy atom. The number of nitrogen functional groups attached to an aromatic ring is 1. The third-order valence-corrected chi connectivity index (χ3v) is 3.98. The van der Waals surface area contributed by atoms with Gasteiger partial charge in [-0.2, -0.15) is 0 Å².